The first-order valence-electron chi connectivity index (χ1n) is 5.95. The maximum Gasteiger partial charge on any atom is 0.295 e. The molecule has 0 spiro atoms. The van der Waals surface area contributed by atoms with Crippen molar-refractivity contribution in [3.05, 3.63) is 28.3 Å². The molecule has 19 heavy (non-hydrogen) atoms. The van der Waals surface area contributed by atoms with Crippen molar-refractivity contribution in [1.29, 1.82) is 0 Å². The number of hydrogen-bond donors (Lipinski definition) is 2. The molecule has 0 saturated heterocycles. The zero-order valence-electron chi connectivity index (χ0n) is 10.7. The zero-order valence-corrected chi connectivity index (χ0v) is 10.7. The number of benzene rings is 1. The topological polar surface area (TPSA) is 101 Å². The highest BCUT2D eigenvalue weighted by Crippen LogP contribution is 2.24. The number of rotatable bonds is 5. The third-order valence-electron chi connectivity index (χ3n) is 2.65. The van der Waals surface area contributed by atoms with Gasteiger partial charge in [0.05, 0.1) is 17.1 Å². The van der Waals surface area contributed by atoms with Gasteiger partial charge in [-0.15, -0.1) is 0 Å². The third kappa shape index (κ3) is 3.19. The minimum absolute atomic E-state index is 0.0111. The lowest BCUT2D eigenvalue weighted by atomic mass is 10.2. The van der Waals surface area contributed by atoms with Crippen LogP contribution in [0.5, 0.6) is 0 Å². The summed E-state index contributed by atoms with van der Waals surface area (Å²) in [6, 6.07) is 4.55. The molecular weight excluding hydrogens is 250 g/mol. The molecule has 0 aliphatic heterocycles. The van der Waals surface area contributed by atoms with Gasteiger partial charge in [-0.1, -0.05) is 0 Å². The summed E-state index contributed by atoms with van der Waals surface area (Å²) in [5, 5.41) is 22.9. The number of aromatic nitrogens is 1. The van der Waals surface area contributed by atoms with E-state index in [1.54, 1.807) is 13.0 Å². The molecule has 102 valence electrons. The van der Waals surface area contributed by atoms with E-state index < -0.39 is 11.0 Å². The van der Waals surface area contributed by atoms with Crippen molar-refractivity contribution in [2.24, 2.45) is 0 Å². The van der Waals surface area contributed by atoms with Crippen molar-refractivity contribution in [3.8, 4) is 0 Å². The molecule has 0 bridgehead atoms. The summed E-state index contributed by atoms with van der Waals surface area (Å²) in [5.74, 6) is 0. The number of anilines is 1. The van der Waals surface area contributed by atoms with E-state index in [0.29, 0.717) is 23.5 Å². The van der Waals surface area contributed by atoms with E-state index in [1.165, 1.54) is 12.1 Å². The molecule has 1 heterocycles. The summed E-state index contributed by atoms with van der Waals surface area (Å²) in [6.07, 6.45) is 0.131. The van der Waals surface area contributed by atoms with E-state index in [4.69, 9.17) is 4.42 Å². The Morgan fingerprint density at radius 2 is 2.26 bits per heavy atom. The molecule has 0 fully saturated rings. The van der Waals surface area contributed by atoms with Crippen molar-refractivity contribution < 1.29 is 14.4 Å². The lowest BCUT2D eigenvalue weighted by Crippen LogP contribution is -2.20. The van der Waals surface area contributed by atoms with Gasteiger partial charge in [-0.25, -0.2) is 0 Å². The van der Waals surface area contributed by atoms with Crippen LogP contribution in [-0.2, 0) is 0 Å². The van der Waals surface area contributed by atoms with Crippen molar-refractivity contribution in [2.75, 3.05) is 5.32 Å². The fraction of sp³-hybridized carbons (Fsp3) is 0.417. The van der Waals surface area contributed by atoms with Crippen LogP contribution in [0.25, 0.3) is 11.1 Å². The first kappa shape index (κ1) is 13.3. The van der Waals surface area contributed by atoms with Crippen LogP contribution in [0.2, 0.25) is 0 Å². The predicted octanol–water partition coefficient (Wildman–Crippen LogP) is 2.31. The Bertz CT molecular complexity index is 594. The molecule has 1 aromatic heterocycles. The summed E-state index contributed by atoms with van der Waals surface area (Å²) >= 11 is 0. The number of nitro groups is 1. The molecule has 2 N–H and O–H groups in total. The van der Waals surface area contributed by atoms with E-state index in [2.05, 4.69) is 10.3 Å². The van der Waals surface area contributed by atoms with Gasteiger partial charge in [-0.2, -0.15) is 4.98 Å². The standard InChI is InChI=1S/C12H15N3O4/c1-7(5-8(2)16)13-12-14-10-4-3-9(15(17)18)6-11(10)19-12/h3-4,6-8,16H,5H2,1-2H3,(H,13,14). The number of nitrogens with one attached hydrogen (secondary N) is 1. The molecule has 2 unspecified atom stereocenters. The van der Waals surface area contributed by atoms with E-state index >= 15 is 0 Å². The summed E-state index contributed by atoms with van der Waals surface area (Å²) in [7, 11) is 0. The third-order valence-corrected chi connectivity index (χ3v) is 2.65. The number of nitro benzene ring substituents is 1. The first-order valence-corrected chi connectivity index (χ1v) is 5.95. The second-order valence-electron chi connectivity index (χ2n) is 4.56. The first-order chi connectivity index (χ1) is 8.95. The van der Waals surface area contributed by atoms with Crippen LogP contribution >= 0.6 is 0 Å². The van der Waals surface area contributed by atoms with Gasteiger partial charge in [0.2, 0.25) is 0 Å². The number of hydrogen-bond acceptors (Lipinski definition) is 6. The van der Waals surface area contributed by atoms with E-state index in [1.807, 2.05) is 6.92 Å². The monoisotopic (exact) mass is 265 g/mol. The van der Waals surface area contributed by atoms with Gasteiger partial charge in [0.25, 0.3) is 11.7 Å². The maximum atomic E-state index is 10.7. The van der Waals surface area contributed by atoms with Crippen molar-refractivity contribution >= 4 is 22.8 Å². The molecule has 0 aliphatic rings. The van der Waals surface area contributed by atoms with Gasteiger partial charge in [0.15, 0.2) is 5.58 Å². The minimum Gasteiger partial charge on any atom is -0.423 e. The van der Waals surface area contributed by atoms with Crippen LogP contribution < -0.4 is 5.32 Å². The Kier molecular flexibility index (Phi) is 3.66. The summed E-state index contributed by atoms with van der Waals surface area (Å²) in [6.45, 7) is 3.59. The molecule has 2 atom stereocenters. The molecule has 0 radical (unpaired) electrons. The van der Waals surface area contributed by atoms with Gasteiger partial charge in [-0.3, -0.25) is 10.1 Å². The Hall–Kier alpha value is -2.15. The van der Waals surface area contributed by atoms with Crippen molar-refractivity contribution in [3.63, 3.8) is 0 Å². The Balaban J connectivity index is 2.19. The molecule has 2 aromatic rings. The summed E-state index contributed by atoms with van der Waals surface area (Å²) < 4.78 is 5.40. The number of nitrogens with zero attached hydrogens (tertiary/aromatic N) is 2. The fourth-order valence-electron chi connectivity index (χ4n) is 1.87. The molecule has 7 nitrogen and oxygen atoms in total. The summed E-state index contributed by atoms with van der Waals surface area (Å²) in [5.41, 5.74) is 0.880. The molecule has 1 aromatic carbocycles. The fourth-order valence-corrected chi connectivity index (χ4v) is 1.87. The lowest BCUT2D eigenvalue weighted by molar-refractivity contribution is -0.384. The summed E-state index contributed by atoms with van der Waals surface area (Å²) in [4.78, 5) is 14.3. The average molecular weight is 265 g/mol. The van der Waals surface area contributed by atoms with Crippen LogP contribution in [0.4, 0.5) is 11.7 Å². The molecule has 0 aliphatic carbocycles. The second kappa shape index (κ2) is 5.23. The minimum atomic E-state index is -0.481. The molecule has 0 saturated carbocycles. The zero-order chi connectivity index (χ0) is 14.0. The maximum absolute atomic E-state index is 10.7. The molecular formula is C12H15N3O4. The highest BCUT2D eigenvalue weighted by molar-refractivity contribution is 5.77. The number of fused-ring (bicyclic) bond motifs is 1. The highest BCUT2D eigenvalue weighted by Gasteiger charge is 2.13. The largest absolute Gasteiger partial charge is 0.423 e. The van der Waals surface area contributed by atoms with Gasteiger partial charge in [-0.05, 0) is 26.3 Å². The normalized spacial score (nSPS) is 14.3. The molecule has 2 rings (SSSR count). The van der Waals surface area contributed by atoms with Crippen molar-refractivity contribution in [1.82, 2.24) is 4.98 Å². The van der Waals surface area contributed by atoms with Crippen LogP contribution in [0.15, 0.2) is 22.6 Å². The van der Waals surface area contributed by atoms with Gasteiger partial charge < -0.3 is 14.8 Å². The average Bonchev–Trinajstić information content (AvgIpc) is 2.68. The van der Waals surface area contributed by atoms with Crippen LogP contribution in [0.1, 0.15) is 20.3 Å². The predicted molar refractivity (Wildman–Crippen MR) is 70.0 cm³/mol. The van der Waals surface area contributed by atoms with Crippen LogP contribution in [0, 0.1) is 10.1 Å². The van der Waals surface area contributed by atoms with E-state index in [-0.39, 0.29) is 11.7 Å². The van der Waals surface area contributed by atoms with Gasteiger partial charge in [0.1, 0.15) is 5.52 Å². The smallest absolute Gasteiger partial charge is 0.295 e. The number of aliphatic hydroxyl groups is 1. The Morgan fingerprint density at radius 1 is 1.53 bits per heavy atom. The van der Waals surface area contributed by atoms with Gasteiger partial charge >= 0.3 is 0 Å². The SMILES string of the molecule is CC(O)CC(C)Nc1nc2ccc([N+](=O)[O-])cc2o1. The highest BCUT2D eigenvalue weighted by atomic mass is 16.6. The molecule has 0 amide bonds. The van der Waals surface area contributed by atoms with Crippen LogP contribution in [-0.4, -0.2) is 27.2 Å². The number of aliphatic hydroxyl groups excluding tert-OH is 1. The second-order valence-corrected chi connectivity index (χ2v) is 4.56. The van der Waals surface area contributed by atoms with E-state index in [0.717, 1.165) is 0 Å². The Morgan fingerprint density at radius 3 is 2.89 bits per heavy atom. The Labute approximate surface area is 109 Å². The molecule has 7 heteroatoms. The van der Waals surface area contributed by atoms with Gasteiger partial charge in [0, 0.05) is 12.1 Å². The van der Waals surface area contributed by atoms with Crippen LogP contribution in [0.3, 0.4) is 0 Å². The van der Waals surface area contributed by atoms with Crippen molar-refractivity contribution in [2.45, 2.75) is 32.4 Å². The van der Waals surface area contributed by atoms with E-state index in [9.17, 15) is 15.2 Å². The number of non-ortho nitro benzene ring substituents is 1. The lowest BCUT2D eigenvalue weighted by Gasteiger charge is -2.13. The quantitative estimate of drug-likeness (QED) is 0.635. The number of oxazole rings is 1.